The molecule has 2 aromatic heterocycles. The minimum absolute atomic E-state index is 0.0128. The summed E-state index contributed by atoms with van der Waals surface area (Å²) in [5, 5.41) is 17.1. The monoisotopic (exact) mass is 549 g/mol. The summed E-state index contributed by atoms with van der Waals surface area (Å²) in [7, 11) is 0. The molecule has 1 unspecified atom stereocenters. The third-order valence-corrected chi connectivity index (χ3v) is 8.22. The number of carbonyl (C=O) groups is 1. The molecule has 2 aliphatic carbocycles. The Morgan fingerprint density at radius 1 is 1.14 bits per heavy atom. The third-order valence-electron chi connectivity index (χ3n) is 7.63. The number of hydrogen-bond donors (Lipinski definition) is 4. The van der Waals surface area contributed by atoms with E-state index < -0.39 is 5.82 Å². The molecule has 0 aliphatic heterocycles. The first-order chi connectivity index (χ1) is 17.7. The van der Waals surface area contributed by atoms with Crippen LogP contribution in [-0.2, 0) is 4.79 Å². The Hall–Kier alpha value is -2.69. The Bertz CT molecular complexity index is 1290. The molecule has 5 N–H and O–H groups in total. The number of nitrogens with one attached hydrogen (secondary N) is 2. The van der Waals surface area contributed by atoms with E-state index in [1.165, 1.54) is 12.1 Å². The summed E-state index contributed by atoms with van der Waals surface area (Å²) in [6, 6.07) is 2.42. The number of imidazole rings is 1. The summed E-state index contributed by atoms with van der Waals surface area (Å²) in [5.74, 6) is 0.196. The lowest BCUT2D eigenvalue weighted by Gasteiger charge is -2.31. The zero-order valence-corrected chi connectivity index (χ0v) is 21.9. The van der Waals surface area contributed by atoms with Gasteiger partial charge in [0.15, 0.2) is 5.65 Å². The zero-order chi connectivity index (χ0) is 26.3. The summed E-state index contributed by atoms with van der Waals surface area (Å²) in [5.41, 5.74) is 7.07. The van der Waals surface area contributed by atoms with E-state index in [-0.39, 0.29) is 46.0 Å². The van der Waals surface area contributed by atoms with E-state index in [1.54, 1.807) is 6.20 Å². The fraction of sp³-hybridized carbons (Fsp3) is 0.520. The van der Waals surface area contributed by atoms with Crippen LogP contribution in [0.25, 0.3) is 11.2 Å². The van der Waals surface area contributed by atoms with Crippen LogP contribution in [0.1, 0.15) is 57.9 Å². The van der Waals surface area contributed by atoms with E-state index >= 15 is 0 Å². The fourth-order valence-electron chi connectivity index (χ4n) is 5.40. The van der Waals surface area contributed by atoms with Gasteiger partial charge in [0.25, 0.3) is 0 Å². The first-order valence-corrected chi connectivity index (χ1v) is 13.4. The van der Waals surface area contributed by atoms with Gasteiger partial charge in [-0.25, -0.2) is 14.4 Å². The number of halogens is 3. The smallest absolute Gasteiger partial charge is 0.224 e. The van der Waals surface area contributed by atoms with Gasteiger partial charge >= 0.3 is 0 Å². The fourth-order valence-corrected chi connectivity index (χ4v) is 5.95. The van der Waals surface area contributed by atoms with Crippen LogP contribution in [0.4, 0.5) is 22.0 Å². The molecular formula is C25H30Cl2FN7O2. The molecule has 1 aromatic carbocycles. The summed E-state index contributed by atoms with van der Waals surface area (Å²) in [4.78, 5) is 25.7. The Morgan fingerprint density at radius 3 is 2.49 bits per heavy atom. The van der Waals surface area contributed by atoms with Crippen molar-refractivity contribution in [3.63, 3.8) is 0 Å². The third kappa shape index (κ3) is 5.46. The first-order valence-electron chi connectivity index (χ1n) is 12.6. The van der Waals surface area contributed by atoms with Crippen molar-refractivity contribution >= 4 is 57.9 Å². The number of primary amides is 1. The van der Waals surface area contributed by atoms with Gasteiger partial charge in [0.05, 0.1) is 28.0 Å². The van der Waals surface area contributed by atoms with Gasteiger partial charge in [0, 0.05) is 18.0 Å². The molecule has 3 aromatic rings. The van der Waals surface area contributed by atoms with Crippen LogP contribution in [0.3, 0.4) is 0 Å². The zero-order valence-electron chi connectivity index (χ0n) is 20.4. The number of aliphatic hydroxyl groups excluding tert-OH is 1. The SMILES string of the molecule is C[C@@H]1CCC(Nc2ncc3nc(Nc4c(Cl)cc(F)cc4Cl)n(C4CCC(C(N)=O)CC4)c3n2)C[C@H]1O. The summed E-state index contributed by atoms with van der Waals surface area (Å²) in [6.07, 6.45) is 6.50. The average molecular weight is 550 g/mol. The largest absolute Gasteiger partial charge is 0.393 e. The lowest BCUT2D eigenvalue weighted by molar-refractivity contribution is -0.122. The van der Waals surface area contributed by atoms with Gasteiger partial charge in [-0.15, -0.1) is 0 Å². The lowest BCUT2D eigenvalue weighted by Crippen LogP contribution is -2.35. The molecule has 198 valence electrons. The van der Waals surface area contributed by atoms with Crippen molar-refractivity contribution in [1.29, 1.82) is 0 Å². The predicted octanol–water partition coefficient (Wildman–Crippen LogP) is 5.19. The Balaban J connectivity index is 1.50. The Kier molecular flexibility index (Phi) is 7.42. The highest BCUT2D eigenvalue weighted by Gasteiger charge is 2.30. The number of nitrogens with zero attached hydrogens (tertiary/aromatic N) is 4. The molecule has 2 saturated carbocycles. The number of aromatic nitrogens is 4. The second-order valence-corrected chi connectivity index (χ2v) is 11.0. The van der Waals surface area contributed by atoms with E-state index in [2.05, 4.69) is 22.5 Å². The molecule has 2 aliphatic rings. The van der Waals surface area contributed by atoms with Gasteiger partial charge in [0.1, 0.15) is 11.3 Å². The summed E-state index contributed by atoms with van der Waals surface area (Å²) >= 11 is 12.6. The number of amides is 1. The van der Waals surface area contributed by atoms with E-state index in [1.807, 2.05) is 4.57 Å². The average Bonchev–Trinajstić information content (AvgIpc) is 3.21. The van der Waals surface area contributed by atoms with Gasteiger partial charge in [-0.1, -0.05) is 30.1 Å². The van der Waals surface area contributed by atoms with Crippen LogP contribution < -0.4 is 16.4 Å². The molecule has 37 heavy (non-hydrogen) atoms. The van der Waals surface area contributed by atoms with Crippen LogP contribution in [0, 0.1) is 17.7 Å². The highest BCUT2D eigenvalue weighted by atomic mass is 35.5. The number of aliphatic hydroxyl groups is 1. The van der Waals surface area contributed by atoms with Crippen molar-refractivity contribution in [2.24, 2.45) is 17.6 Å². The molecule has 12 heteroatoms. The van der Waals surface area contributed by atoms with Gasteiger partial charge in [-0.2, -0.15) is 4.98 Å². The molecule has 1 amide bonds. The van der Waals surface area contributed by atoms with Gasteiger partial charge in [-0.05, 0) is 63.0 Å². The number of nitrogens with two attached hydrogens (primary N) is 1. The van der Waals surface area contributed by atoms with E-state index in [4.69, 9.17) is 38.9 Å². The molecule has 5 rings (SSSR count). The van der Waals surface area contributed by atoms with E-state index in [9.17, 15) is 14.3 Å². The lowest BCUT2D eigenvalue weighted by atomic mass is 9.85. The second-order valence-electron chi connectivity index (χ2n) is 10.2. The maximum Gasteiger partial charge on any atom is 0.224 e. The molecule has 2 heterocycles. The Morgan fingerprint density at radius 2 is 1.84 bits per heavy atom. The molecule has 0 radical (unpaired) electrons. The molecule has 9 nitrogen and oxygen atoms in total. The normalized spacial score (nSPS) is 26.2. The number of hydrogen-bond acceptors (Lipinski definition) is 7. The molecule has 0 saturated heterocycles. The van der Waals surface area contributed by atoms with Crippen molar-refractivity contribution in [3.05, 3.63) is 34.2 Å². The predicted molar refractivity (Wildman–Crippen MR) is 142 cm³/mol. The van der Waals surface area contributed by atoms with Crippen LogP contribution in [0.2, 0.25) is 10.0 Å². The van der Waals surface area contributed by atoms with Gasteiger partial charge in [-0.3, -0.25) is 9.36 Å². The second kappa shape index (κ2) is 10.6. The van der Waals surface area contributed by atoms with Crippen LogP contribution in [0.15, 0.2) is 18.3 Å². The maximum absolute atomic E-state index is 13.8. The molecule has 0 bridgehead atoms. The van der Waals surface area contributed by atoms with Crippen molar-refractivity contribution in [1.82, 2.24) is 19.5 Å². The van der Waals surface area contributed by atoms with Crippen molar-refractivity contribution < 1.29 is 14.3 Å². The quantitative estimate of drug-likeness (QED) is 0.332. The molecule has 0 spiro atoms. The Labute approximate surface area is 224 Å². The number of rotatable bonds is 6. The maximum atomic E-state index is 13.8. The molecule has 2 fully saturated rings. The number of benzene rings is 1. The van der Waals surface area contributed by atoms with Crippen molar-refractivity contribution in [3.8, 4) is 0 Å². The number of fused-ring (bicyclic) bond motifs is 1. The summed E-state index contributed by atoms with van der Waals surface area (Å²) < 4.78 is 15.8. The summed E-state index contributed by atoms with van der Waals surface area (Å²) in [6.45, 7) is 2.06. The molecule has 3 atom stereocenters. The van der Waals surface area contributed by atoms with Crippen molar-refractivity contribution in [2.45, 2.75) is 70.1 Å². The highest BCUT2D eigenvalue weighted by Crippen LogP contribution is 2.39. The van der Waals surface area contributed by atoms with Crippen LogP contribution in [0.5, 0.6) is 0 Å². The van der Waals surface area contributed by atoms with Crippen LogP contribution in [-0.4, -0.2) is 42.7 Å². The molecular weight excluding hydrogens is 520 g/mol. The van der Waals surface area contributed by atoms with Gasteiger partial charge in [0.2, 0.25) is 17.8 Å². The van der Waals surface area contributed by atoms with Crippen molar-refractivity contribution in [2.75, 3.05) is 10.6 Å². The van der Waals surface area contributed by atoms with Gasteiger partial charge < -0.3 is 21.5 Å². The number of carbonyl (C=O) groups excluding carboxylic acids is 1. The minimum atomic E-state index is -0.539. The first kappa shape index (κ1) is 25.9. The van der Waals surface area contributed by atoms with E-state index in [0.29, 0.717) is 60.9 Å². The van der Waals surface area contributed by atoms with E-state index in [0.717, 1.165) is 12.8 Å². The standard InChI is InChI=1S/C25H30Cl2FN7O2/c1-12-2-5-15(10-20(12)36)31-24-30-11-19-23(34-24)35(16-6-3-13(4-7-16)22(29)37)25(32-19)33-21-17(26)8-14(28)9-18(21)27/h8-9,11-13,15-16,20,36H,2-7,10H2,1H3,(H2,29,37)(H,32,33)(H,30,31,34)/t12-,13?,15?,16?,20-/m1/s1. The highest BCUT2D eigenvalue weighted by molar-refractivity contribution is 6.39. The topological polar surface area (TPSA) is 131 Å². The minimum Gasteiger partial charge on any atom is -0.393 e. The van der Waals surface area contributed by atoms with Crippen LogP contribution >= 0.6 is 23.2 Å². The number of anilines is 3.